The van der Waals surface area contributed by atoms with E-state index in [9.17, 15) is 27.6 Å². The molecule has 300 valence electrons. The quantitative estimate of drug-likeness (QED) is 0.275. The highest BCUT2D eigenvalue weighted by Crippen LogP contribution is 2.28. The number of aryl methyl sites for hydroxylation is 1. The molecule has 2 heterocycles. The van der Waals surface area contributed by atoms with Crippen molar-refractivity contribution in [1.82, 2.24) is 35.6 Å². The highest BCUT2D eigenvalue weighted by molar-refractivity contribution is 7.92. The first-order valence-electron chi connectivity index (χ1n) is 18.5. The normalized spacial score (nSPS) is 18.5. The Labute approximate surface area is 323 Å². The molecular weight excluding hydrogens is 729 g/mol. The van der Waals surface area contributed by atoms with Crippen LogP contribution < -0.4 is 29.7 Å². The average Bonchev–Trinajstić information content (AvgIpc) is 3.53. The molecule has 16 nitrogen and oxygen atoms in total. The third-order valence-electron chi connectivity index (χ3n) is 9.49. The summed E-state index contributed by atoms with van der Waals surface area (Å²) in [6, 6.07) is 10.8. The topological polar surface area (TPSA) is 194 Å². The van der Waals surface area contributed by atoms with Gasteiger partial charge in [-0.25, -0.2) is 18.1 Å². The number of amides is 4. The molecule has 3 N–H and O–H groups in total. The predicted octanol–water partition coefficient (Wildman–Crippen LogP) is 2.50. The van der Waals surface area contributed by atoms with Gasteiger partial charge in [0.05, 0.1) is 32.2 Å². The summed E-state index contributed by atoms with van der Waals surface area (Å²) in [7, 11) is -0.720. The number of sulfonamides is 1. The smallest absolute Gasteiger partial charge is 0.243 e. The second-order valence-electron chi connectivity index (χ2n) is 13.9. The van der Waals surface area contributed by atoms with Crippen molar-refractivity contribution in [3.63, 3.8) is 0 Å². The van der Waals surface area contributed by atoms with Crippen molar-refractivity contribution >= 4 is 39.3 Å². The first-order chi connectivity index (χ1) is 26.1. The molecule has 1 aliphatic rings. The van der Waals surface area contributed by atoms with E-state index in [4.69, 9.17) is 14.5 Å². The molecule has 17 heteroatoms. The Balaban J connectivity index is 1.59. The monoisotopic (exact) mass is 782 g/mol. The van der Waals surface area contributed by atoms with Gasteiger partial charge in [0.2, 0.25) is 33.7 Å². The van der Waals surface area contributed by atoms with Crippen molar-refractivity contribution in [3.8, 4) is 11.5 Å². The Bertz CT molecular complexity index is 1930. The van der Waals surface area contributed by atoms with Crippen LogP contribution in [0.1, 0.15) is 75.3 Å². The van der Waals surface area contributed by atoms with Gasteiger partial charge in [0, 0.05) is 32.5 Å². The second kappa shape index (κ2) is 19.4. The fourth-order valence-electron chi connectivity index (χ4n) is 6.29. The maximum Gasteiger partial charge on any atom is 0.243 e. The molecule has 0 spiro atoms. The Morgan fingerprint density at radius 1 is 1.02 bits per heavy atom. The number of fused-ring (bicyclic) bond motifs is 1. The molecule has 0 saturated carbocycles. The van der Waals surface area contributed by atoms with Crippen molar-refractivity contribution in [1.29, 1.82) is 0 Å². The largest absolute Gasteiger partial charge is 0.493 e. The second-order valence-corrected chi connectivity index (χ2v) is 15.8. The molecule has 0 radical (unpaired) electrons. The van der Waals surface area contributed by atoms with Crippen molar-refractivity contribution < 1.29 is 37.1 Å². The minimum absolute atomic E-state index is 0.0256. The molecular formula is C38H54N8O8S. The Morgan fingerprint density at radius 3 is 2.42 bits per heavy atom. The van der Waals surface area contributed by atoms with Gasteiger partial charge >= 0.3 is 0 Å². The lowest BCUT2D eigenvalue weighted by atomic mass is 9.97. The third-order valence-corrected chi connectivity index (χ3v) is 10.6. The average molecular weight is 783 g/mol. The number of ether oxygens (including phenoxy) is 2. The van der Waals surface area contributed by atoms with Gasteiger partial charge in [-0.05, 0) is 68.0 Å². The highest BCUT2D eigenvalue weighted by atomic mass is 32.2. The van der Waals surface area contributed by atoms with Gasteiger partial charge in [0.1, 0.15) is 25.0 Å². The maximum atomic E-state index is 13.7. The highest BCUT2D eigenvalue weighted by Gasteiger charge is 2.30. The number of methoxy groups -OCH3 is 2. The van der Waals surface area contributed by atoms with Crippen LogP contribution in [0.25, 0.3) is 0 Å². The van der Waals surface area contributed by atoms with E-state index in [1.54, 1.807) is 45.4 Å². The Kier molecular flexibility index (Phi) is 15.0. The summed E-state index contributed by atoms with van der Waals surface area (Å²) in [5, 5.41) is 13.4. The number of carbonyl (C=O) groups excluding carboxylic acids is 4. The van der Waals surface area contributed by atoms with Gasteiger partial charge in [0.25, 0.3) is 0 Å². The van der Waals surface area contributed by atoms with Crippen LogP contribution in [0.3, 0.4) is 0 Å². The Hall–Kier alpha value is -5.19. The minimum atomic E-state index is -3.82. The summed E-state index contributed by atoms with van der Waals surface area (Å²) in [6.45, 7) is 7.32. The van der Waals surface area contributed by atoms with E-state index in [1.165, 1.54) is 9.58 Å². The fraction of sp³-hybridized carbons (Fsp3) is 0.526. The molecule has 0 fully saturated rings. The van der Waals surface area contributed by atoms with E-state index < -0.39 is 40.5 Å². The van der Waals surface area contributed by atoms with Crippen LogP contribution in [0.4, 0.5) is 5.69 Å². The number of hydrogen-bond acceptors (Lipinski definition) is 10. The van der Waals surface area contributed by atoms with Gasteiger partial charge in [0.15, 0.2) is 17.3 Å². The van der Waals surface area contributed by atoms with Crippen LogP contribution in [0.2, 0.25) is 0 Å². The van der Waals surface area contributed by atoms with E-state index in [2.05, 4.69) is 21.0 Å². The molecule has 0 unspecified atom stereocenters. The van der Waals surface area contributed by atoms with E-state index in [1.807, 2.05) is 39.0 Å². The SMILES string of the molecule is CC[C@H](C)[C@@H]1NC(=O)CCCN(C(=O)CN(c2cccc(C)c2)S(C)(=O)=O)CCCNC(=O)Cn2nc(Cc3ccc(OC)c(OC)c3)nc2[C@@H](C)NC1=O. The number of carbonyl (C=O) groups is 4. The summed E-state index contributed by atoms with van der Waals surface area (Å²) >= 11 is 0. The minimum Gasteiger partial charge on any atom is -0.493 e. The van der Waals surface area contributed by atoms with Crippen LogP contribution >= 0.6 is 0 Å². The molecule has 3 atom stereocenters. The summed E-state index contributed by atoms with van der Waals surface area (Å²) in [6.07, 6.45) is 2.62. The summed E-state index contributed by atoms with van der Waals surface area (Å²) < 4.78 is 39.0. The van der Waals surface area contributed by atoms with E-state index >= 15 is 0 Å². The van der Waals surface area contributed by atoms with Crippen LogP contribution in [0.5, 0.6) is 11.5 Å². The van der Waals surface area contributed by atoms with Crippen LogP contribution in [0, 0.1) is 12.8 Å². The Morgan fingerprint density at radius 2 is 1.75 bits per heavy atom. The van der Waals surface area contributed by atoms with Gasteiger partial charge in [-0.2, -0.15) is 5.10 Å². The molecule has 4 amide bonds. The lowest BCUT2D eigenvalue weighted by Crippen LogP contribution is -2.51. The number of nitrogens with one attached hydrogen (secondary N) is 3. The summed E-state index contributed by atoms with van der Waals surface area (Å²) in [4.78, 5) is 60.2. The summed E-state index contributed by atoms with van der Waals surface area (Å²) in [5.41, 5.74) is 2.04. The number of benzene rings is 2. The number of rotatable bonds is 10. The van der Waals surface area contributed by atoms with Crippen molar-refractivity contribution in [3.05, 3.63) is 65.2 Å². The van der Waals surface area contributed by atoms with E-state index in [0.717, 1.165) is 21.7 Å². The predicted molar refractivity (Wildman–Crippen MR) is 207 cm³/mol. The molecule has 4 rings (SSSR count). The van der Waals surface area contributed by atoms with Gasteiger partial charge < -0.3 is 30.3 Å². The zero-order valence-electron chi connectivity index (χ0n) is 32.8. The van der Waals surface area contributed by atoms with Gasteiger partial charge in [-0.15, -0.1) is 0 Å². The van der Waals surface area contributed by atoms with Gasteiger partial charge in [-0.1, -0.05) is 38.5 Å². The lowest BCUT2D eigenvalue weighted by Gasteiger charge is -2.28. The molecule has 0 saturated heterocycles. The zero-order valence-corrected chi connectivity index (χ0v) is 33.6. The molecule has 0 bridgehead atoms. The number of hydrogen-bond donors (Lipinski definition) is 3. The number of aromatic nitrogens is 3. The molecule has 1 aliphatic heterocycles. The standard InChI is InChI=1S/C38H54N8O8S/c1-8-26(3)36-38(50)40-27(4)37-41-32(22-28-15-16-30(53-5)31(21-28)54-6)43-45(37)23-34(48)39-17-11-19-44(18-10-14-33(47)42-36)35(49)24-46(55(7,51)52)29-13-9-12-25(2)20-29/h9,12-13,15-16,20-21,26-27,36H,8,10-11,14,17-19,22-24H2,1-7H3,(H,39,48)(H,40,50)(H,42,47)/t26-,27+,36-/m0/s1. The zero-order chi connectivity index (χ0) is 40.3. The van der Waals surface area contributed by atoms with Crippen LogP contribution in [-0.4, -0.2) is 104 Å². The number of nitrogens with zero attached hydrogens (tertiary/aromatic N) is 5. The van der Waals surface area contributed by atoms with Gasteiger partial charge in [-0.3, -0.25) is 23.5 Å². The molecule has 3 aromatic rings. The molecule has 0 aliphatic carbocycles. The van der Waals surface area contributed by atoms with Crippen LogP contribution in [0.15, 0.2) is 42.5 Å². The lowest BCUT2D eigenvalue weighted by molar-refractivity contribution is -0.131. The fourth-order valence-corrected chi connectivity index (χ4v) is 7.13. The molecule has 1 aromatic heterocycles. The first kappa shape index (κ1) is 42.6. The molecule has 55 heavy (non-hydrogen) atoms. The van der Waals surface area contributed by atoms with Crippen molar-refractivity contribution in [2.75, 3.05) is 51.0 Å². The van der Waals surface area contributed by atoms with Crippen LogP contribution in [-0.2, 0) is 42.2 Å². The first-order valence-corrected chi connectivity index (χ1v) is 20.3. The van der Waals surface area contributed by atoms with Crippen molar-refractivity contribution in [2.24, 2.45) is 5.92 Å². The van der Waals surface area contributed by atoms with E-state index in [-0.39, 0.29) is 56.8 Å². The summed E-state index contributed by atoms with van der Waals surface area (Å²) in [5.74, 6) is 0.0993. The maximum absolute atomic E-state index is 13.7. The number of anilines is 1. The van der Waals surface area contributed by atoms with E-state index in [0.29, 0.717) is 48.1 Å². The third kappa shape index (κ3) is 11.9. The molecule has 2 aromatic carbocycles. The van der Waals surface area contributed by atoms with Crippen molar-refractivity contribution in [2.45, 2.75) is 78.4 Å².